The molecule has 2 fully saturated rings. The molecular weight excluding hydrogens is 360 g/mol. The molecule has 2 saturated heterocycles. The Morgan fingerprint density at radius 1 is 1.18 bits per heavy atom. The number of aromatic amines is 1. The molecular formula is C19H26N6O3. The van der Waals surface area contributed by atoms with Crippen LogP contribution in [0.1, 0.15) is 29.6 Å². The Kier molecular flexibility index (Phi) is 5.54. The molecule has 9 nitrogen and oxygen atoms in total. The van der Waals surface area contributed by atoms with E-state index in [4.69, 9.17) is 4.74 Å². The summed E-state index contributed by atoms with van der Waals surface area (Å²) >= 11 is 0. The standard InChI is InChI=1S/C19H26N6O3/c1-24-14(11-18(26)25-6-8-28-9-7-25)3-4-15(24)12-20-19(27)13-2-5-16-17(10-13)22-23-21-16/h2,5,10,14-15H,3-4,6-9,11-12H2,1H3,(H,20,27)(H,21,22,23)/t14-,15+/m1/s1. The number of morpholine rings is 1. The van der Waals surface area contributed by atoms with Crippen LogP contribution in [0.4, 0.5) is 0 Å². The zero-order valence-electron chi connectivity index (χ0n) is 16.1. The molecule has 3 heterocycles. The molecule has 2 N–H and O–H groups in total. The molecule has 0 aliphatic carbocycles. The third-order valence-electron chi connectivity index (χ3n) is 5.84. The van der Waals surface area contributed by atoms with E-state index >= 15 is 0 Å². The number of aromatic nitrogens is 3. The third-order valence-corrected chi connectivity index (χ3v) is 5.84. The Bertz CT molecular complexity index is 847. The minimum absolute atomic E-state index is 0.119. The van der Waals surface area contributed by atoms with Crippen molar-refractivity contribution in [3.8, 4) is 0 Å². The minimum Gasteiger partial charge on any atom is -0.378 e. The minimum atomic E-state index is -0.119. The third kappa shape index (κ3) is 4.00. The van der Waals surface area contributed by atoms with Crippen LogP contribution in [0, 0.1) is 0 Å². The van der Waals surface area contributed by atoms with Crippen LogP contribution in [0.15, 0.2) is 18.2 Å². The molecule has 0 unspecified atom stereocenters. The molecule has 1 aromatic heterocycles. The number of hydrogen-bond donors (Lipinski definition) is 2. The molecule has 4 rings (SSSR count). The molecule has 9 heteroatoms. The van der Waals surface area contributed by atoms with Gasteiger partial charge in [0.1, 0.15) is 11.0 Å². The van der Waals surface area contributed by atoms with Gasteiger partial charge >= 0.3 is 0 Å². The Labute approximate surface area is 163 Å². The van der Waals surface area contributed by atoms with Gasteiger partial charge in [-0.25, -0.2) is 0 Å². The van der Waals surface area contributed by atoms with E-state index < -0.39 is 0 Å². The van der Waals surface area contributed by atoms with Crippen molar-refractivity contribution in [2.45, 2.75) is 31.3 Å². The number of fused-ring (bicyclic) bond motifs is 1. The van der Waals surface area contributed by atoms with Crippen LogP contribution in [0.25, 0.3) is 11.0 Å². The van der Waals surface area contributed by atoms with Crippen molar-refractivity contribution in [2.75, 3.05) is 39.9 Å². The molecule has 2 amide bonds. The zero-order chi connectivity index (χ0) is 19.5. The number of carbonyl (C=O) groups is 2. The van der Waals surface area contributed by atoms with Crippen LogP contribution >= 0.6 is 0 Å². The second-order valence-corrected chi connectivity index (χ2v) is 7.48. The Morgan fingerprint density at radius 2 is 1.93 bits per heavy atom. The monoisotopic (exact) mass is 386 g/mol. The first-order valence-electron chi connectivity index (χ1n) is 9.78. The number of carbonyl (C=O) groups excluding carboxylic acids is 2. The lowest BCUT2D eigenvalue weighted by Gasteiger charge is -2.30. The van der Waals surface area contributed by atoms with Crippen molar-refractivity contribution in [1.29, 1.82) is 0 Å². The van der Waals surface area contributed by atoms with Gasteiger partial charge in [0.05, 0.1) is 13.2 Å². The van der Waals surface area contributed by atoms with Gasteiger partial charge in [-0.2, -0.15) is 15.4 Å². The quantitative estimate of drug-likeness (QED) is 0.771. The van der Waals surface area contributed by atoms with Gasteiger partial charge in [0.2, 0.25) is 5.91 Å². The van der Waals surface area contributed by atoms with Gasteiger partial charge in [-0.1, -0.05) is 0 Å². The predicted octanol–water partition coefficient (Wildman–Crippen LogP) is 0.399. The average Bonchev–Trinajstić information content (AvgIpc) is 3.33. The number of nitrogens with one attached hydrogen (secondary N) is 2. The van der Waals surface area contributed by atoms with Gasteiger partial charge in [-0.05, 0) is 38.1 Å². The molecule has 150 valence electrons. The van der Waals surface area contributed by atoms with Gasteiger partial charge in [-0.3, -0.25) is 14.5 Å². The normalized spacial score (nSPS) is 23.2. The summed E-state index contributed by atoms with van der Waals surface area (Å²) in [4.78, 5) is 29.1. The molecule has 2 aliphatic rings. The summed E-state index contributed by atoms with van der Waals surface area (Å²) in [5.74, 6) is 0.0805. The molecule has 2 aliphatic heterocycles. The number of ether oxygens (including phenoxy) is 1. The maximum atomic E-state index is 12.5. The molecule has 2 aromatic rings. The molecule has 0 bridgehead atoms. The lowest BCUT2D eigenvalue weighted by molar-refractivity contribution is -0.136. The molecule has 2 atom stereocenters. The maximum absolute atomic E-state index is 12.5. The fourth-order valence-corrected chi connectivity index (χ4v) is 4.02. The summed E-state index contributed by atoms with van der Waals surface area (Å²) in [6.45, 7) is 3.19. The van der Waals surface area contributed by atoms with E-state index in [1.165, 1.54) is 0 Å². The molecule has 0 saturated carbocycles. The summed E-state index contributed by atoms with van der Waals surface area (Å²) in [5.41, 5.74) is 1.98. The number of benzene rings is 1. The van der Waals surface area contributed by atoms with Gasteiger partial charge in [0.25, 0.3) is 5.91 Å². The van der Waals surface area contributed by atoms with Crippen molar-refractivity contribution in [3.63, 3.8) is 0 Å². The van der Waals surface area contributed by atoms with Gasteiger partial charge in [0.15, 0.2) is 0 Å². The first-order valence-corrected chi connectivity index (χ1v) is 9.78. The number of nitrogens with zero attached hydrogens (tertiary/aromatic N) is 4. The summed E-state index contributed by atoms with van der Waals surface area (Å²) in [7, 11) is 2.04. The van der Waals surface area contributed by atoms with E-state index in [-0.39, 0.29) is 23.9 Å². The highest BCUT2D eigenvalue weighted by Gasteiger charge is 2.33. The zero-order valence-corrected chi connectivity index (χ0v) is 16.1. The van der Waals surface area contributed by atoms with Crippen LogP contribution in [-0.4, -0.2) is 89.0 Å². The van der Waals surface area contributed by atoms with Gasteiger partial charge < -0.3 is 15.0 Å². The van der Waals surface area contributed by atoms with Crippen LogP contribution in [0.2, 0.25) is 0 Å². The molecule has 0 radical (unpaired) electrons. The van der Waals surface area contributed by atoms with E-state index in [2.05, 4.69) is 25.6 Å². The fourth-order valence-electron chi connectivity index (χ4n) is 4.02. The molecule has 0 spiro atoms. The van der Waals surface area contributed by atoms with Crippen molar-refractivity contribution in [3.05, 3.63) is 23.8 Å². The van der Waals surface area contributed by atoms with Gasteiger partial charge in [0, 0.05) is 43.7 Å². The highest BCUT2D eigenvalue weighted by molar-refractivity contribution is 5.97. The van der Waals surface area contributed by atoms with Crippen LogP contribution in [0.3, 0.4) is 0 Å². The second kappa shape index (κ2) is 8.24. The molecule has 28 heavy (non-hydrogen) atoms. The lowest BCUT2D eigenvalue weighted by Crippen LogP contribution is -2.45. The van der Waals surface area contributed by atoms with E-state index in [1.54, 1.807) is 18.2 Å². The van der Waals surface area contributed by atoms with Crippen molar-refractivity contribution < 1.29 is 14.3 Å². The number of likely N-dealkylation sites (N-methyl/N-ethyl adjacent to an activating group) is 1. The fraction of sp³-hybridized carbons (Fsp3) is 0.579. The summed E-state index contributed by atoms with van der Waals surface area (Å²) < 4.78 is 5.31. The van der Waals surface area contributed by atoms with Crippen molar-refractivity contribution in [2.24, 2.45) is 0 Å². The summed E-state index contributed by atoms with van der Waals surface area (Å²) in [6.07, 6.45) is 2.47. The van der Waals surface area contributed by atoms with Crippen molar-refractivity contribution >= 4 is 22.8 Å². The average molecular weight is 386 g/mol. The van der Waals surface area contributed by atoms with Crippen LogP contribution in [-0.2, 0) is 9.53 Å². The van der Waals surface area contributed by atoms with Gasteiger partial charge in [-0.15, -0.1) is 0 Å². The first-order chi connectivity index (χ1) is 13.6. The number of hydrogen-bond acceptors (Lipinski definition) is 6. The SMILES string of the molecule is CN1[C@@H](CC(=O)N2CCOCC2)CC[C@H]1CNC(=O)c1ccc2n[nH]nc2c1. The highest BCUT2D eigenvalue weighted by Crippen LogP contribution is 2.25. The summed E-state index contributed by atoms with van der Waals surface area (Å²) in [6, 6.07) is 5.73. The first kappa shape index (κ1) is 18.8. The van der Waals surface area contributed by atoms with Crippen LogP contribution in [0.5, 0.6) is 0 Å². The number of H-pyrrole nitrogens is 1. The number of likely N-dealkylation sites (tertiary alicyclic amines) is 1. The lowest BCUT2D eigenvalue weighted by atomic mass is 10.1. The maximum Gasteiger partial charge on any atom is 0.251 e. The Balaban J connectivity index is 1.28. The predicted molar refractivity (Wildman–Crippen MR) is 103 cm³/mol. The number of amides is 2. The summed E-state index contributed by atoms with van der Waals surface area (Å²) in [5, 5.41) is 13.6. The smallest absolute Gasteiger partial charge is 0.251 e. The second-order valence-electron chi connectivity index (χ2n) is 7.48. The topological polar surface area (TPSA) is 103 Å². The number of rotatable bonds is 5. The Morgan fingerprint density at radius 3 is 2.75 bits per heavy atom. The van der Waals surface area contributed by atoms with E-state index in [0.29, 0.717) is 50.3 Å². The van der Waals surface area contributed by atoms with Crippen LogP contribution < -0.4 is 5.32 Å². The van der Waals surface area contributed by atoms with E-state index in [0.717, 1.165) is 18.4 Å². The largest absolute Gasteiger partial charge is 0.378 e. The molecule has 1 aromatic carbocycles. The Hall–Kier alpha value is -2.52. The van der Waals surface area contributed by atoms with E-state index in [1.807, 2.05) is 11.9 Å². The van der Waals surface area contributed by atoms with Crippen molar-refractivity contribution in [1.82, 2.24) is 30.5 Å². The highest BCUT2D eigenvalue weighted by atomic mass is 16.5. The van der Waals surface area contributed by atoms with E-state index in [9.17, 15) is 9.59 Å².